The van der Waals surface area contributed by atoms with Crippen LogP contribution in [-0.4, -0.2) is 26.1 Å². The smallest absolute Gasteiger partial charge is 0.258 e. The van der Waals surface area contributed by atoms with Crippen LogP contribution in [0.2, 0.25) is 0 Å². The van der Waals surface area contributed by atoms with Gasteiger partial charge < -0.3 is 4.98 Å². The number of anilines is 1. The number of rotatable bonds is 5. The number of thioether (sulfide) groups is 1. The van der Waals surface area contributed by atoms with Crippen LogP contribution in [0, 0.1) is 0 Å². The van der Waals surface area contributed by atoms with Gasteiger partial charge in [-0.25, -0.2) is 4.98 Å². The first-order valence-corrected chi connectivity index (χ1v) is 10.2. The van der Waals surface area contributed by atoms with Crippen LogP contribution in [0.1, 0.15) is 28.4 Å². The summed E-state index contributed by atoms with van der Waals surface area (Å²) < 4.78 is 0.673. The summed E-state index contributed by atoms with van der Waals surface area (Å²) in [5, 5.41) is 11.7. The fraction of sp³-hybridized carbons (Fsp3) is 0.105. The molecule has 9 heteroatoms. The Balaban J connectivity index is 1.48. The lowest BCUT2D eigenvalue weighted by Gasteiger charge is -2.08. The van der Waals surface area contributed by atoms with E-state index < -0.39 is 0 Å². The molecule has 2 N–H and O–H groups in total. The van der Waals surface area contributed by atoms with E-state index in [2.05, 4.69) is 25.5 Å². The minimum absolute atomic E-state index is 0.136. The first kappa shape index (κ1) is 18.3. The molecule has 4 aromatic rings. The third-order valence-corrected chi connectivity index (χ3v) is 5.99. The molecule has 0 aliphatic heterocycles. The number of aromatic nitrogens is 4. The van der Waals surface area contributed by atoms with Crippen molar-refractivity contribution in [1.82, 2.24) is 20.2 Å². The number of hydrogen-bond donors (Lipinski definition) is 2. The molecule has 1 amide bonds. The molecule has 4 rings (SSSR count). The van der Waals surface area contributed by atoms with Crippen molar-refractivity contribution in [3.05, 3.63) is 76.3 Å². The summed E-state index contributed by atoms with van der Waals surface area (Å²) in [6, 6.07) is 16.1. The topological polar surface area (TPSA) is 101 Å². The van der Waals surface area contributed by atoms with Gasteiger partial charge in [-0.15, -0.1) is 10.2 Å². The largest absolute Gasteiger partial charge is 0.309 e. The number of aromatic amines is 1. The maximum atomic E-state index is 12.2. The zero-order chi connectivity index (χ0) is 19.5. The van der Waals surface area contributed by atoms with Crippen molar-refractivity contribution >= 4 is 45.0 Å². The SMILES string of the molecule is C[C@H](Sc1nnc(NC(=O)c2ccccc2)s1)c1nc2ccccc2c(=O)[nH]1. The summed E-state index contributed by atoms with van der Waals surface area (Å²) >= 11 is 2.69. The van der Waals surface area contributed by atoms with Crippen molar-refractivity contribution in [2.75, 3.05) is 5.32 Å². The van der Waals surface area contributed by atoms with Gasteiger partial charge in [-0.05, 0) is 31.2 Å². The molecule has 2 aromatic carbocycles. The van der Waals surface area contributed by atoms with Crippen LogP contribution in [0.25, 0.3) is 10.9 Å². The van der Waals surface area contributed by atoms with E-state index in [9.17, 15) is 9.59 Å². The molecular formula is C19H15N5O2S2. The molecule has 0 bridgehead atoms. The van der Waals surface area contributed by atoms with E-state index >= 15 is 0 Å². The van der Waals surface area contributed by atoms with Crippen LogP contribution in [-0.2, 0) is 0 Å². The molecule has 140 valence electrons. The van der Waals surface area contributed by atoms with E-state index in [4.69, 9.17) is 0 Å². The highest BCUT2D eigenvalue weighted by atomic mass is 32.2. The van der Waals surface area contributed by atoms with Gasteiger partial charge in [0.05, 0.1) is 16.2 Å². The van der Waals surface area contributed by atoms with Gasteiger partial charge >= 0.3 is 0 Å². The molecular weight excluding hydrogens is 394 g/mol. The van der Waals surface area contributed by atoms with E-state index in [0.29, 0.717) is 31.8 Å². The van der Waals surface area contributed by atoms with Crippen molar-refractivity contribution in [3.8, 4) is 0 Å². The number of nitrogens with one attached hydrogen (secondary N) is 2. The van der Waals surface area contributed by atoms with Crippen LogP contribution >= 0.6 is 23.1 Å². The fourth-order valence-corrected chi connectivity index (χ4v) is 4.52. The Kier molecular flexibility index (Phi) is 5.18. The molecule has 0 unspecified atom stereocenters. The Morgan fingerprint density at radius 1 is 1.11 bits per heavy atom. The monoisotopic (exact) mass is 409 g/mol. The molecule has 7 nitrogen and oxygen atoms in total. The predicted molar refractivity (Wildman–Crippen MR) is 111 cm³/mol. The minimum atomic E-state index is -0.234. The number of fused-ring (bicyclic) bond motifs is 1. The van der Waals surface area contributed by atoms with E-state index in [-0.39, 0.29) is 16.7 Å². The summed E-state index contributed by atoms with van der Waals surface area (Å²) in [7, 11) is 0. The van der Waals surface area contributed by atoms with Gasteiger partial charge in [-0.3, -0.25) is 14.9 Å². The van der Waals surface area contributed by atoms with Gasteiger partial charge in [0.2, 0.25) is 5.13 Å². The van der Waals surface area contributed by atoms with Crippen molar-refractivity contribution < 1.29 is 4.79 Å². The second kappa shape index (κ2) is 7.91. The Bertz CT molecular complexity index is 1190. The summed E-state index contributed by atoms with van der Waals surface area (Å²) in [6.07, 6.45) is 0. The second-order valence-electron chi connectivity index (χ2n) is 5.92. The number of carbonyl (C=O) groups excluding carboxylic acids is 1. The number of benzene rings is 2. The molecule has 0 fully saturated rings. The number of amides is 1. The van der Waals surface area contributed by atoms with Gasteiger partial charge in [0.25, 0.3) is 11.5 Å². The molecule has 2 aromatic heterocycles. The second-order valence-corrected chi connectivity index (χ2v) is 8.49. The molecule has 0 aliphatic rings. The molecule has 0 saturated heterocycles. The Morgan fingerprint density at radius 2 is 1.86 bits per heavy atom. The molecule has 0 radical (unpaired) electrons. The Hall–Kier alpha value is -3.04. The van der Waals surface area contributed by atoms with Crippen LogP contribution in [0.3, 0.4) is 0 Å². The summed E-state index contributed by atoms with van der Waals surface area (Å²) in [4.78, 5) is 31.8. The van der Waals surface area contributed by atoms with E-state index in [0.717, 1.165) is 0 Å². The molecule has 0 aliphatic carbocycles. The van der Waals surface area contributed by atoms with Crippen LogP contribution < -0.4 is 10.9 Å². The third-order valence-electron chi connectivity index (χ3n) is 3.96. The standard InChI is InChI=1S/C19H15N5O2S2/c1-11(15-20-14-10-6-5-9-13(14)17(26)21-15)27-19-24-23-18(28-19)22-16(25)12-7-3-2-4-8-12/h2-11H,1H3,(H,20,21,26)(H,22,23,25)/t11-/m0/s1. The van der Waals surface area contributed by atoms with Crippen molar-refractivity contribution in [3.63, 3.8) is 0 Å². The zero-order valence-corrected chi connectivity index (χ0v) is 16.4. The Morgan fingerprint density at radius 3 is 2.68 bits per heavy atom. The van der Waals surface area contributed by atoms with E-state index in [1.165, 1.54) is 23.1 Å². The lowest BCUT2D eigenvalue weighted by molar-refractivity contribution is 0.102. The number of carbonyl (C=O) groups is 1. The average molecular weight is 409 g/mol. The fourth-order valence-electron chi connectivity index (χ4n) is 2.57. The number of hydrogen-bond acceptors (Lipinski definition) is 7. The summed E-state index contributed by atoms with van der Waals surface area (Å²) in [5.74, 6) is 0.334. The minimum Gasteiger partial charge on any atom is -0.309 e. The van der Waals surface area contributed by atoms with Crippen LogP contribution in [0.4, 0.5) is 5.13 Å². The van der Waals surface area contributed by atoms with Crippen molar-refractivity contribution in [2.24, 2.45) is 0 Å². The molecule has 28 heavy (non-hydrogen) atoms. The Labute approximate surface area is 168 Å². The van der Waals surface area contributed by atoms with Gasteiger partial charge in [0.1, 0.15) is 5.82 Å². The van der Waals surface area contributed by atoms with Crippen molar-refractivity contribution in [1.29, 1.82) is 0 Å². The highest BCUT2D eigenvalue weighted by Gasteiger charge is 2.16. The highest BCUT2D eigenvalue weighted by Crippen LogP contribution is 2.36. The molecule has 0 spiro atoms. The average Bonchev–Trinajstić information content (AvgIpc) is 3.15. The van der Waals surface area contributed by atoms with E-state index in [1.54, 1.807) is 30.3 Å². The zero-order valence-electron chi connectivity index (χ0n) is 14.7. The van der Waals surface area contributed by atoms with Gasteiger partial charge in [0.15, 0.2) is 4.34 Å². The number of nitrogens with zero attached hydrogens (tertiary/aromatic N) is 3. The number of H-pyrrole nitrogens is 1. The van der Waals surface area contributed by atoms with Crippen molar-refractivity contribution in [2.45, 2.75) is 16.5 Å². The summed E-state index contributed by atoms with van der Waals surface area (Å²) in [6.45, 7) is 1.93. The highest BCUT2D eigenvalue weighted by molar-refractivity contribution is 8.01. The maximum Gasteiger partial charge on any atom is 0.258 e. The van der Waals surface area contributed by atoms with E-state index in [1.807, 2.05) is 31.2 Å². The van der Waals surface area contributed by atoms with Gasteiger partial charge in [-0.2, -0.15) is 0 Å². The number of para-hydroxylation sites is 1. The van der Waals surface area contributed by atoms with Crippen LogP contribution in [0.15, 0.2) is 63.7 Å². The predicted octanol–water partition coefficient (Wildman–Crippen LogP) is 3.88. The third kappa shape index (κ3) is 3.95. The first-order valence-electron chi connectivity index (χ1n) is 8.45. The maximum absolute atomic E-state index is 12.2. The quantitative estimate of drug-likeness (QED) is 0.383. The molecule has 1 atom stereocenters. The van der Waals surface area contributed by atoms with Crippen LogP contribution in [0.5, 0.6) is 0 Å². The molecule has 2 heterocycles. The molecule has 0 saturated carbocycles. The van der Waals surface area contributed by atoms with Gasteiger partial charge in [-0.1, -0.05) is 53.4 Å². The lowest BCUT2D eigenvalue weighted by Crippen LogP contribution is -2.12. The lowest BCUT2D eigenvalue weighted by atomic mass is 10.2. The summed E-state index contributed by atoms with van der Waals surface area (Å²) in [5.41, 5.74) is 1.04. The van der Waals surface area contributed by atoms with Gasteiger partial charge in [0, 0.05) is 5.56 Å². The first-order chi connectivity index (χ1) is 13.6. The normalized spacial score (nSPS) is 12.0.